The lowest BCUT2D eigenvalue weighted by Gasteiger charge is -2.17. The summed E-state index contributed by atoms with van der Waals surface area (Å²) in [6.45, 7) is 0. The Kier molecular flexibility index (Phi) is 6.86. The van der Waals surface area contributed by atoms with E-state index in [1.807, 2.05) is 42.5 Å². The van der Waals surface area contributed by atoms with Gasteiger partial charge in [-0.2, -0.15) is 0 Å². The maximum Gasteiger partial charge on any atom is 0.321 e. The van der Waals surface area contributed by atoms with Gasteiger partial charge in [-0.15, -0.1) is 11.8 Å². The summed E-state index contributed by atoms with van der Waals surface area (Å²) < 4.78 is 5.40. The predicted molar refractivity (Wildman–Crippen MR) is 113 cm³/mol. The number of benzene rings is 3. The van der Waals surface area contributed by atoms with Crippen LogP contribution < -0.4 is 10.6 Å². The SMILES string of the molecule is CNC(=O)NC(=O)[C@@H](OC(=O)CSc1ccc2ccccc2c1)c1ccccc1. The van der Waals surface area contributed by atoms with Crippen LogP contribution >= 0.6 is 11.8 Å². The van der Waals surface area contributed by atoms with Crippen LogP contribution in [0.5, 0.6) is 0 Å². The number of rotatable bonds is 6. The minimum Gasteiger partial charge on any atom is -0.447 e. The molecule has 0 fully saturated rings. The van der Waals surface area contributed by atoms with Crippen molar-refractivity contribution in [2.45, 2.75) is 11.0 Å². The van der Waals surface area contributed by atoms with Crippen molar-refractivity contribution >= 4 is 40.4 Å². The highest BCUT2D eigenvalue weighted by Gasteiger charge is 2.26. The zero-order valence-corrected chi connectivity index (χ0v) is 16.6. The Morgan fingerprint density at radius 2 is 1.62 bits per heavy atom. The zero-order valence-electron chi connectivity index (χ0n) is 15.8. The molecule has 6 nitrogen and oxygen atoms in total. The lowest BCUT2D eigenvalue weighted by atomic mass is 10.1. The normalized spacial score (nSPS) is 11.5. The minimum absolute atomic E-state index is 0.0366. The number of urea groups is 1. The molecular formula is C22H20N2O4S. The third kappa shape index (κ3) is 5.58. The quantitative estimate of drug-likeness (QED) is 0.480. The lowest BCUT2D eigenvalue weighted by molar-refractivity contribution is -0.153. The van der Waals surface area contributed by atoms with Crippen LogP contribution in [0.1, 0.15) is 11.7 Å². The molecule has 2 N–H and O–H groups in total. The van der Waals surface area contributed by atoms with E-state index in [9.17, 15) is 14.4 Å². The number of hydrogen-bond acceptors (Lipinski definition) is 5. The van der Waals surface area contributed by atoms with Gasteiger partial charge < -0.3 is 10.1 Å². The van der Waals surface area contributed by atoms with Gasteiger partial charge in [-0.05, 0) is 22.9 Å². The van der Waals surface area contributed by atoms with Gasteiger partial charge in [0, 0.05) is 17.5 Å². The molecule has 3 rings (SSSR count). The molecule has 0 saturated heterocycles. The highest BCUT2D eigenvalue weighted by atomic mass is 32.2. The van der Waals surface area contributed by atoms with E-state index < -0.39 is 24.0 Å². The van der Waals surface area contributed by atoms with Gasteiger partial charge >= 0.3 is 12.0 Å². The van der Waals surface area contributed by atoms with Gasteiger partial charge in [-0.1, -0.05) is 60.7 Å². The smallest absolute Gasteiger partial charge is 0.321 e. The van der Waals surface area contributed by atoms with Crippen LogP contribution in [0.3, 0.4) is 0 Å². The summed E-state index contributed by atoms with van der Waals surface area (Å²) >= 11 is 1.33. The van der Waals surface area contributed by atoms with E-state index >= 15 is 0 Å². The van der Waals surface area contributed by atoms with Crippen LogP contribution in [0.4, 0.5) is 4.79 Å². The maximum atomic E-state index is 12.4. The van der Waals surface area contributed by atoms with Crippen molar-refractivity contribution in [2.24, 2.45) is 0 Å². The summed E-state index contributed by atoms with van der Waals surface area (Å²) in [6, 6.07) is 21.8. The molecule has 29 heavy (non-hydrogen) atoms. The highest BCUT2D eigenvalue weighted by molar-refractivity contribution is 8.00. The maximum absolute atomic E-state index is 12.4. The fourth-order valence-corrected chi connectivity index (χ4v) is 3.43. The Balaban J connectivity index is 1.67. The zero-order chi connectivity index (χ0) is 20.6. The molecule has 0 radical (unpaired) electrons. The molecule has 3 aromatic carbocycles. The molecule has 0 aliphatic carbocycles. The third-order valence-corrected chi connectivity index (χ3v) is 5.10. The van der Waals surface area contributed by atoms with Gasteiger partial charge in [0.2, 0.25) is 6.10 Å². The number of ether oxygens (including phenoxy) is 1. The van der Waals surface area contributed by atoms with Crippen LogP contribution in [-0.2, 0) is 14.3 Å². The molecule has 1 atom stereocenters. The number of carbonyl (C=O) groups excluding carboxylic acids is 3. The average molecular weight is 408 g/mol. The lowest BCUT2D eigenvalue weighted by Crippen LogP contribution is -2.41. The summed E-state index contributed by atoms with van der Waals surface area (Å²) in [4.78, 5) is 37.2. The molecule has 0 unspecified atom stereocenters. The van der Waals surface area contributed by atoms with Crippen LogP contribution in [0.25, 0.3) is 10.8 Å². The molecule has 148 valence electrons. The molecule has 0 saturated carbocycles. The summed E-state index contributed by atoms with van der Waals surface area (Å²) in [5.41, 5.74) is 0.484. The fraction of sp³-hybridized carbons (Fsp3) is 0.136. The first-order valence-corrected chi connectivity index (χ1v) is 9.94. The number of imide groups is 1. The first kappa shape index (κ1) is 20.4. The van der Waals surface area contributed by atoms with Gasteiger partial charge in [0.25, 0.3) is 5.91 Å². The van der Waals surface area contributed by atoms with Crippen LogP contribution in [0, 0.1) is 0 Å². The molecule has 0 heterocycles. The van der Waals surface area contributed by atoms with Gasteiger partial charge in [0.15, 0.2) is 0 Å². The van der Waals surface area contributed by atoms with Gasteiger partial charge in [-0.25, -0.2) is 4.79 Å². The molecule has 0 spiro atoms. The van der Waals surface area contributed by atoms with E-state index in [0.29, 0.717) is 5.56 Å². The highest BCUT2D eigenvalue weighted by Crippen LogP contribution is 2.25. The van der Waals surface area contributed by atoms with Crippen molar-refractivity contribution < 1.29 is 19.1 Å². The second-order valence-electron chi connectivity index (χ2n) is 6.15. The second kappa shape index (κ2) is 9.75. The van der Waals surface area contributed by atoms with Crippen molar-refractivity contribution in [2.75, 3.05) is 12.8 Å². The summed E-state index contributed by atoms with van der Waals surface area (Å²) in [6.07, 6.45) is -1.21. The Morgan fingerprint density at radius 1 is 0.931 bits per heavy atom. The number of carbonyl (C=O) groups is 3. The van der Waals surface area contributed by atoms with Crippen LogP contribution in [-0.4, -0.2) is 30.7 Å². The predicted octanol–water partition coefficient (Wildman–Crippen LogP) is 3.67. The Labute approximate surface area is 172 Å². The van der Waals surface area contributed by atoms with Crippen LogP contribution in [0.2, 0.25) is 0 Å². The summed E-state index contributed by atoms with van der Waals surface area (Å²) in [5.74, 6) is -1.22. The Morgan fingerprint density at radius 3 is 2.34 bits per heavy atom. The monoisotopic (exact) mass is 408 g/mol. The van der Waals surface area contributed by atoms with E-state index in [0.717, 1.165) is 15.7 Å². The van der Waals surface area contributed by atoms with Gasteiger partial charge in [0.1, 0.15) is 0 Å². The minimum atomic E-state index is -1.21. The van der Waals surface area contributed by atoms with E-state index in [1.165, 1.54) is 18.8 Å². The van der Waals surface area contributed by atoms with Crippen molar-refractivity contribution in [3.8, 4) is 0 Å². The van der Waals surface area contributed by atoms with E-state index in [2.05, 4.69) is 10.6 Å². The molecule has 0 bridgehead atoms. The summed E-state index contributed by atoms with van der Waals surface area (Å²) in [5, 5.41) is 6.66. The molecule has 3 aromatic rings. The van der Waals surface area contributed by atoms with Crippen molar-refractivity contribution in [1.29, 1.82) is 0 Å². The molecule has 0 aliphatic heterocycles. The number of fused-ring (bicyclic) bond motifs is 1. The molecule has 0 aromatic heterocycles. The largest absolute Gasteiger partial charge is 0.447 e. The van der Waals surface area contributed by atoms with Crippen molar-refractivity contribution in [3.05, 3.63) is 78.4 Å². The Bertz CT molecular complexity index is 1020. The van der Waals surface area contributed by atoms with Gasteiger partial charge in [0.05, 0.1) is 5.75 Å². The molecule has 3 amide bonds. The average Bonchev–Trinajstić information content (AvgIpc) is 2.76. The Hall–Kier alpha value is -3.32. The standard InChI is InChI=1S/C22H20N2O4S/c1-23-22(27)24-21(26)20(16-8-3-2-4-9-16)28-19(25)14-29-18-12-11-15-7-5-6-10-17(15)13-18/h2-13,20H,14H2,1H3,(H2,23,24,26,27)/t20-/m0/s1. The first-order valence-electron chi connectivity index (χ1n) is 8.95. The molecule has 7 heteroatoms. The number of thioether (sulfide) groups is 1. The first-order chi connectivity index (χ1) is 14.1. The number of amides is 3. The third-order valence-electron chi connectivity index (χ3n) is 4.13. The van der Waals surface area contributed by atoms with Crippen molar-refractivity contribution in [3.63, 3.8) is 0 Å². The molecular weight excluding hydrogens is 388 g/mol. The van der Waals surface area contributed by atoms with Gasteiger partial charge in [-0.3, -0.25) is 14.9 Å². The van der Waals surface area contributed by atoms with Crippen LogP contribution in [0.15, 0.2) is 77.7 Å². The van der Waals surface area contributed by atoms with Crippen molar-refractivity contribution in [1.82, 2.24) is 10.6 Å². The summed E-state index contributed by atoms with van der Waals surface area (Å²) in [7, 11) is 1.40. The number of esters is 1. The van der Waals surface area contributed by atoms with E-state index in [4.69, 9.17) is 4.74 Å². The van der Waals surface area contributed by atoms with E-state index in [-0.39, 0.29) is 5.75 Å². The van der Waals surface area contributed by atoms with E-state index in [1.54, 1.807) is 30.3 Å². The topological polar surface area (TPSA) is 84.5 Å². The number of nitrogens with one attached hydrogen (secondary N) is 2. The molecule has 0 aliphatic rings. The number of hydrogen-bond donors (Lipinski definition) is 2. The fourth-order valence-electron chi connectivity index (χ4n) is 2.71. The second-order valence-corrected chi connectivity index (χ2v) is 7.20.